The molecule has 110 valence electrons. The van der Waals surface area contributed by atoms with Crippen molar-refractivity contribution in [2.45, 2.75) is 37.1 Å². The lowest BCUT2D eigenvalue weighted by molar-refractivity contribution is 0.175. The Labute approximate surface area is 123 Å². The normalized spacial score (nSPS) is 31.8. The van der Waals surface area contributed by atoms with Gasteiger partial charge in [-0.3, -0.25) is 4.90 Å². The van der Waals surface area contributed by atoms with Crippen molar-refractivity contribution in [1.82, 2.24) is 14.2 Å². The van der Waals surface area contributed by atoms with Crippen molar-refractivity contribution in [3.63, 3.8) is 0 Å². The van der Waals surface area contributed by atoms with Crippen LogP contribution in [0, 0.1) is 5.92 Å². The molecule has 3 fully saturated rings. The van der Waals surface area contributed by atoms with Gasteiger partial charge < -0.3 is 0 Å². The molecule has 0 aromatic carbocycles. The zero-order valence-corrected chi connectivity index (χ0v) is 12.9. The van der Waals surface area contributed by atoms with E-state index in [1.165, 1.54) is 0 Å². The molecule has 2 unspecified atom stereocenters. The van der Waals surface area contributed by atoms with Gasteiger partial charge in [-0.2, -0.15) is 4.31 Å². The maximum Gasteiger partial charge on any atom is 0.217 e. The van der Waals surface area contributed by atoms with E-state index in [2.05, 4.69) is 9.88 Å². The second kappa shape index (κ2) is 4.76. The van der Waals surface area contributed by atoms with E-state index in [4.69, 9.17) is 0 Å². The minimum Gasteiger partial charge on any atom is -0.295 e. The summed E-state index contributed by atoms with van der Waals surface area (Å²) in [4.78, 5) is 6.71. The number of hydrogen-bond donors (Lipinski definition) is 0. The summed E-state index contributed by atoms with van der Waals surface area (Å²) < 4.78 is 26.7. The molecule has 4 rings (SSSR count). The predicted octanol–water partition coefficient (Wildman–Crippen LogP) is 1.14. The van der Waals surface area contributed by atoms with Gasteiger partial charge in [0.1, 0.15) is 5.01 Å². The highest BCUT2D eigenvalue weighted by atomic mass is 32.2. The fraction of sp³-hybridized carbons (Fsp3) is 0.769. The van der Waals surface area contributed by atoms with E-state index < -0.39 is 10.0 Å². The zero-order chi connectivity index (χ0) is 13.7. The molecule has 1 saturated carbocycles. The molecule has 7 heteroatoms. The van der Waals surface area contributed by atoms with Crippen molar-refractivity contribution in [2.24, 2.45) is 5.92 Å². The standard InChI is InChI=1S/C13H19N3O2S2/c17-20(18,12-1-2-12)16-7-10-5-11(16)8-15(6-10)9-13-14-3-4-19-13/h3-4,10-12H,1-2,5-9H2. The molecule has 1 aliphatic carbocycles. The van der Waals surface area contributed by atoms with Gasteiger partial charge in [-0.05, 0) is 25.2 Å². The molecule has 3 aliphatic rings. The summed E-state index contributed by atoms with van der Waals surface area (Å²) in [7, 11) is -3.01. The maximum atomic E-state index is 12.5. The second-order valence-corrected chi connectivity index (χ2v) is 9.33. The Balaban J connectivity index is 1.48. The summed E-state index contributed by atoms with van der Waals surface area (Å²) in [5.41, 5.74) is 0. The molecular formula is C13H19N3O2S2. The topological polar surface area (TPSA) is 53.5 Å². The van der Waals surface area contributed by atoms with Crippen molar-refractivity contribution in [3.8, 4) is 0 Å². The Morgan fingerprint density at radius 2 is 2.15 bits per heavy atom. The third-order valence-corrected chi connectivity index (χ3v) is 7.73. The maximum absolute atomic E-state index is 12.5. The second-order valence-electron chi connectivity index (χ2n) is 6.19. The molecule has 2 aliphatic heterocycles. The summed E-state index contributed by atoms with van der Waals surface area (Å²) in [6.07, 6.45) is 4.60. The number of fused-ring (bicyclic) bond motifs is 2. The molecule has 3 heterocycles. The van der Waals surface area contributed by atoms with Crippen molar-refractivity contribution in [2.75, 3.05) is 19.6 Å². The Bertz CT molecular complexity index is 583. The highest BCUT2D eigenvalue weighted by molar-refractivity contribution is 7.90. The van der Waals surface area contributed by atoms with Crippen LogP contribution in [0.2, 0.25) is 0 Å². The lowest BCUT2D eigenvalue weighted by Crippen LogP contribution is -2.44. The fourth-order valence-corrected chi connectivity index (χ4v) is 6.30. The molecule has 0 amide bonds. The van der Waals surface area contributed by atoms with Crippen molar-refractivity contribution in [3.05, 3.63) is 16.6 Å². The van der Waals surface area contributed by atoms with E-state index in [1.54, 1.807) is 11.3 Å². The van der Waals surface area contributed by atoms with Crippen LogP contribution in [-0.4, -0.2) is 53.5 Å². The average Bonchev–Trinajstić information content (AvgIpc) is 3.08. The minimum atomic E-state index is -3.01. The van der Waals surface area contributed by atoms with E-state index in [0.717, 1.165) is 50.4 Å². The van der Waals surface area contributed by atoms with Crippen molar-refractivity contribution >= 4 is 21.4 Å². The van der Waals surface area contributed by atoms with Crippen LogP contribution in [-0.2, 0) is 16.6 Å². The van der Waals surface area contributed by atoms with Crippen LogP contribution in [0.25, 0.3) is 0 Å². The van der Waals surface area contributed by atoms with Gasteiger partial charge in [0.15, 0.2) is 0 Å². The van der Waals surface area contributed by atoms with Crippen LogP contribution in [0.3, 0.4) is 0 Å². The molecule has 2 bridgehead atoms. The smallest absolute Gasteiger partial charge is 0.217 e. The quantitative estimate of drug-likeness (QED) is 0.836. The van der Waals surface area contributed by atoms with Gasteiger partial charge in [0.25, 0.3) is 0 Å². The van der Waals surface area contributed by atoms with Gasteiger partial charge in [0.2, 0.25) is 10.0 Å². The first-order valence-corrected chi connectivity index (χ1v) is 9.62. The Kier molecular flexibility index (Phi) is 3.14. The summed E-state index contributed by atoms with van der Waals surface area (Å²) >= 11 is 1.68. The van der Waals surface area contributed by atoms with Gasteiger partial charge >= 0.3 is 0 Å². The summed E-state index contributed by atoms with van der Waals surface area (Å²) in [6.45, 7) is 3.47. The largest absolute Gasteiger partial charge is 0.295 e. The fourth-order valence-electron chi connectivity index (χ4n) is 3.54. The number of piperidine rings is 1. The van der Waals surface area contributed by atoms with Gasteiger partial charge in [-0.25, -0.2) is 13.4 Å². The Morgan fingerprint density at radius 3 is 2.85 bits per heavy atom. The average molecular weight is 313 g/mol. The first kappa shape index (κ1) is 13.2. The number of likely N-dealkylation sites (tertiary alicyclic amines) is 1. The van der Waals surface area contributed by atoms with E-state index in [9.17, 15) is 8.42 Å². The number of nitrogens with zero attached hydrogens (tertiary/aromatic N) is 3. The third kappa shape index (κ3) is 2.30. The highest BCUT2D eigenvalue weighted by Crippen LogP contribution is 2.38. The monoisotopic (exact) mass is 313 g/mol. The van der Waals surface area contributed by atoms with Crippen LogP contribution >= 0.6 is 11.3 Å². The lowest BCUT2D eigenvalue weighted by Gasteiger charge is -2.31. The van der Waals surface area contributed by atoms with Crippen LogP contribution in [0.15, 0.2) is 11.6 Å². The van der Waals surface area contributed by atoms with Gasteiger partial charge in [-0.1, -0.05) is 0 Å². The first-order chi connectivity index (χ1) is 9.63. The Morgan fingerprint density at radius 1 is 1.30 bits per heavy atom. The summed E-state index contributed by atoms with van der Waals surface area (Å²) in [5, 5.41) is 3.05. The van der Waals surface area contributed by atoms with Crippen LogP contribution in [0.4, 0.5) is 0 Å². The van der Waals surface area contributed by atoms with E-state index in [0.29, 0.717) is 5.92 Å². The molecule has 0 spiro atoms. The SMILES string of the molecule is O=S(=O)(C1CC1)N1CC2CC1CN(Cc1nccs1)C2. The molecule has 2 saturated heterocycles. The molecule has 20 heavy (non-hydrogen) atoms. The van der Waals surface area contributed by atoms with E-state index >= 15 is 0 Å². The number of aromatic nitrogens is 1. The number of sulfonamides is 1. The van der Waals surface area contributed by atoms with Crippen LogP contribution in [0.5, 0.6) is 0 Å². The van der Waals surface area contributed by atoms with Crippen LogP contribution in [0.1, 0.15) is 24.3 Å². The number of hydrogen-bond acceptors (Lipinski definition) is 5. The van der Waals surface area contributed by atoms with Crippen molar-refractivity contribution < 1.29 is 8.42 Å². The molecule has 0 N–H and O–H groups in total. The lowest BCUT2D eigenvalue weighted by atomic mass is 10.0. The zero-order valence-electron chi connectivity index (χ0n) is 11.3. The molecule has 0 radical (unpaired) electrons. The third-order valence-electron chi connectivity index (χ3n) is 4.55. The number of rotatable bonds is 4. The van der Waals surface area contributed by atoms with E-state index in [1.807, 2.05) is 15.9 Å². The van der Waals surface area contributed by atoms with Crippen LogP contribution < -0.4 is 0 Å². The molecule has 1 aromatic rings. The van der Waals surface area contributed by atoms with E-state index in [-0.39, 0.29) is 11.3 Å². The Hall–Kier alpha value is -0.500. The minimum absolute atomic E-state index is 0.0748. The summed E-state index contributed by atoms with van der Waals surface area (Å²) in [6, 6.07) is 0.194. The van der Waals surface area contributed by atoms with Gasteiger partial charge in [0.05, 0.1) is 11.8 Å². The van der Waals surface area contributed by atoms with Crippen molar-refractivity contribution in [1.29, 1.82) is 0 Å². The van der Waals surface area contributed by atoms with Gasteiger partial charge in [0, 0.05) is 37.3 Å². The molecule has 2 atom stereocenters. The first-order valence-electron chi connectivity index (χ1n) is 7.24. The van der Waals surface area contributed by atoms with Gasteiger partial charge in [-0.15, -0.1) is 11.3 Å². The predicted molar refractivity (Wildman–Crippen MR) is 77.9 cm³/mol. The number of thiazole rings is 1. The summed E-state index contributed by atoms with van der Waals surface area (Å²) in [5.74, 6) is 0.502. The highest BCUT2D eigenvalue weighted by Gasteiger charge is 2.49. The molecule has 1 aromatic heterocycles. The molecule has 5 nitrogen and oxygen atoms in total. The molecular weight excluding hydrogens is 294 g/mol.